The highest BCUT2D eigenvalue weighted by Gasteiger charge is 2.09. The number of hydrazone groups is 1. The van der Waals surface area contributed by atoms with Gasteiger partial charge < -0.3 is 10.3 Å². The van der Waals surface area contributed by atoms with Crippen LogP contribution >= 0.6 is 15.9 Å². The van der Waals surface area contributed by atoms with Crippen LogP contribution in [0, 0.1) is 0 Å². The maximum Gasteiger partial charge on any atom is 0.272 e. The summed E-state index contributed by atoms with van der Waals surface area (Å²) in [4.78, 5) is 23.4. The molecule has 25 heavy (non-hydrogen) atoms. The first kappa shape index (κ1) is 16.9. The Hall–Kier alpha value is -2.93. The highest BCUT2D eigenvalue weighted by Crippen LogP contribution is 2.20. The van der Waals surface area contributed by atoms with Crippen molar-refractivity contribution in [1.82, 2.24) is 9.99 Å². The van der Waals surface area contributed by atoms with Gasteiger partial charge in [-0.05, 0) is 34.1 Å². The van der Waals surface area contributed by atoms with Crippen LogP contribution < -0.4 is 11.2 Å². The van der Waals surface area contributed by atoms with Crippen LogP contribution in [0.4, 0.5) is 0 Å². The molecule has 0 saturated heterocycles. The highest BCUT2D eigenvalue weighted by atomic mass is 79.9. The lowest BCUT2D eigenvalue weighted by Gasteiger charge is -2.01. The third kappa shape index (κ3) is 3.77. The number of hydrogen-bond acceptors (Lipinski definition) is 3. The van der Waals surface area contributed by atoms with Crippen molar-refractivity contribution in [2.75, 3.05) is 0 Å². The number of primary amides is 1. The normalized spacial score (nSPS) is 11.1. The van der Waals surface area contributed by atoms with Gasteiger partial charge in [0.2, 0.25) is 5.91 Å². The number of halogens is 1. The number of aromatic nitrogens is 1. The monoisotopic (exact) mass is 398 g/mol. The van der Waals surface area contributed by atoms with Crippen LogP contribution in [-0.4, -0.2) is 22.6 Å². The topological polar surface area (TPSA) is 89.5 Å². The summed E-state index contributed by atoms with van der Waals surface area (Å²) >= 11 is 3.33. The number of rotatable bonds is 5. The van der Waals surface area contributed by atoms with Gasteiger partial charge in [-0.2, -0.15) is 5.10 Å². The van der Waals surface area contributed by atoms with Gasteiger partial charge in [-0.25, -0.2) is 5.43 Å². The first-order valence-corrected chi connectivity index (χ1v) is 8.29. The van der Waals surface area contributed by atoms with Crippen molar-refractivity contribution in [2.24, 2.45) is 10.8 Å². The van der Waals surface area contributed by atoms with E-state index in [0.29, 0.717) is 10.0 Å². The number of hydrogen-bond donors (Lipinski definition) is 2. The molecule has 3 aromatic rings. The fraction of sp³-hybridized carbons (Fsp3) is 0.0556. The zero-order chi connectivity index (χ0) is 17.8. The number of carbonyl (C=O) groups is 2. The Labute approximate surface area is 152 Å². The highest BCUT2D eigenvalue weighted by molar-refractivity contribution is 9.10. The van der Waals surface area contributed by atoms with Gasteiger partial charge >= 0.3 is 0 Å². The van der Waals surface area contributed by atoms with Crippen molar-refractivity contribution >= 4 is 44.9 Å². The molecule has 0 spiro atoms. The second kappa shape index (κ2) is 7.31. The molecule has 2 aromatic carbocycles. The van der Waals surface area contributed by atoms with Gasteiger partial charge in [0.1, 0.15) is 6.54 Å². The van der Waals surface area contributed by atoms with Crippen molar-refractivity contribution in [1.29, 1.82) is 0 Å². The Kier molecular flexibility index (Phi) is 4.95. The van der Waals surface area contributed by atoms with Gasteiger partial charge in [0, 0.05) is 27.1 Å². The number of nitrogens with one attached hydrogen (secondary N) is 1. The summed E-state index contributed by atoms with van der Waals surface area (Å²) in [6, 6.07) is 14.7. The summed E-state index contributed by atoms with van der Waals surface area (Å²) in [5, 5.41) is 4.95. The minimum Gasteiger partial charge on any atom is -0.368 e. The van der Waals surface area contributed by atoms with E-state index in [1.165, 1.54) is 0 Å². The molecular formula is C18H15BrN4O2. The molecule has 3 rings (SSSR count). The van der Waals surface area contributed by atoms with Crippen LogP contribution in [0.3, 0.4) is 0 Å². The van der Waals surface area contributed by atoms with Crippen molar-refractivity contribution in [3.05, 3.63) is 70.3 Å². The van der Waals surface area contributed by atoms with Gasteiger partial charge in [-0.3, -0.25) is 9.59 Å². The molecule has 0 saturated carbocycles. The molecule has 1 aromatic heterocycles. The molecule has 0 atom stereocenters. The average Bonchev–Trinajstić information content (AvgIpc) is 2.93. The third-order valence-electron chi connectivity index (χ3n) is 3.63. The summed E-state index contributed by atoms with van der Waals surface area (Å²) in [7, 11) is 0. The second-order valence-electron chi connectivity index (χ2n) is 5.37. The quantitative estimate of drug-likeness (QED) is 0.510. The minimum absolute atomic E-state index is 0.0810. The van der Waals surface area contributed by atoms with Crippen molar-refractivity contribution in [3.8, 4) is 0 Å². The molecule has 0 aliphatic rings. The van der Waals surface area contributed by atoms with Gasteiger partial charge in [0.25, 0.3) is 5.91 Å². The van der Waals surface area contributed by atoms with E-state index >= 15 is 0 Å². The third-order valence-corrected chi connectivity index (χ3v) is 4.33. The Balaban J connectivity index is 1.83. The summed E-state index contributed by atoms with van der Waals surface area (Å²) in [6.07, 6.45) is 3.33. The van der Waals surface area contributed by atoms with Crippen LogP contribution in [0.5, 0.6) is 0 Å². The zero-order valence-corrected chi connectivity index (χ0v) is 14.7. The predicted octanol–water partition coefficient (Wildman–Crippen LogP) is 2.65. The van der Waals surface area contributed by atoms with Crippen molar-refractivity contribution in [3.63, 3.8) is 0 Å². The number of carbonyl (C=O) groups excluding carboxylic acids is 2. The number of nitrogens with zero attached hydrogens (tertiary/aromatic N) is 2. The molecule has 0 aliphatic carbocycles. The van der Waals surface area contributed by atoms with Crippen molar-refractivity contribution < 1.29 is 9.59 Å². The smallest absolute Gasteiger partial charge is 0.272 e. The molecule has 1 heterocycles. The Morgan fingerprint density at radius 3 is 2.64 bits per heavy atom. The van der Waals surface area contributed by atoms with Crippen LogP contribution in [0.1, 0.15) is 15.9 Å². The molecule has 0 unspecified atom stereocenters. The molecule has 0 bridgehead atoms. The number of fused-ring (bicyclic) bond motifs is 1. The first-order chi connectivity index (χ1) is 12.1. The summed E-state index contributed by atoms with van der Waals surface area (Å²) < 4.78 is 2.45. The zero-order valence-electron chi connectivity index (χ0n) is 13.1. The van der Waals surface area contributed by atoms with Crippen LogP contribution in [-0.2, 0) is 11.3 Å². The number of para-hydroxylation sites is 1. The maximum absolute atomic E-state index is 12.1. The molecule has 7 heteroatoms. The van der Waals surface area contributed by atoms with E-state index in [1.807, 2.05) is 30.3 Å². The molecule has 0 radical (unpaired) electrons. The van der Waals surface area contributed by atoms with Crippen molar-refractivity contribution in [2.45, 2.75) is 6.54 Å². The van der Waals surface area contributed by atoms with Gasteiger partial charge in [-0.15, -0.1) is 0 Å². The van der Waals surface area contributed by atoms with Crippen LogP contribution in [0.2, 0.25) is 0 Å². The van der Waals surface area contributed by atoms with E-state index in [9.17, 15) is 9.59 Å². The van der Waals surface area contributed by atoms with Gasteiger partial charge in [0.15, 0.2) is 0 Å². The SMILES string of the molecule is NC(=O)Cn1cc(/C=N\NC(=O)c2ccccc2Br)c2ccccc21. The molecule has 126 valence electrons. The van der Waals surface area contributed by atoms with E-state index < -0.39 is 5.91 Å². The maximum atomic E-state index is 12.1. The second-order valence-corrected chi connectivity index (χ2v) is 6.23. The fourth-order valence-electron chi connectivity index (χ4n) is 2.54. The standard InChI is InChI=1S/C18H15BrN4O2/c19-15-7-3-1-6-14(15)18(25)22-21-9-12-10-23(11-17(20)24)16-8-4-2-5-13(12)16/h1-10H,11H2,(H2,20,24)(H,22,25)/b21-9-. The Morgan fingerprint density at radius 2 is 1.88 bits per heavy atom. The number of amides is 2. The molecular weight excluding hydrogens is 384 g/mol. The Morgan fingerprint density at radius 1 is 1.16 bits per heavy atom. The lowest BCUT2D eigenvalue weighted by molar-refractivity contribution is -0.118. The summed E-state index contributed by atoms with van der Waals surface area (Å²) in [6.45, 7) is 0.0810. The Bertz CT molecular complexity index is 978. The first-order valence-electron chi connectivity index (χ1n) is 7.50. The van der Waals surface area contributed by atoms with Gasteiger partial charge in [0.05, 0.1) is 11.8 Å². The summed E-state index contributed by atoms with van der Waals surface area (Å²) in [5.41, 5.74) is 9.94. The molecule has 2 amide bonds. The van der Waals surface area contributed by atoms with E-state index in [1.54, 1.807) is 35.2 Å². The lowest BCUT2D eigenvalue weighted by atomic mass is 10.2. The average molecular weight is 399 g/mol. The van der Waals surface area contributed by atoms with E-state index in [4.69, 9.17) is 5.73 Å². The predicted molar refractivity (Wildman–Crippen MR) is 100 cm³/mol. The lowest BCUT2D eigenvalue weighted by Crippen LogP contribution is -2.18. The van der Waals surface area contributed by atoms with E-state index in [2.05, 4.69) is 26.5 Å². The van der Waals surface area contributed by atoms with Crippen LogP contribution in [0.25, 0.3) is 10.9 Å². The molecule has 0 aliphatic heterocycles. The number of benzene rings is 2. The molecule has 3 N–H and O–H groups in total. The number of nitrogens with two attached hydrogens (primary N) is 1. The summed E-state index contributed by atoms with van der Waals surface area (Å²) in [5.74, 6) is -0.740. The minimum atomic E-state index is -0.425. The van der Waals surface area contributed by atoms with E-state index in [0.717, 1.165) is 16.5 Å². The molecule has 6 nitrogen and oxygen atoms in total. The fourth-order valence-corrected chi connectivity index (χ4v) is 3.01. The van der Waals surface area contributed by atoms with Gasteiger partial charge in [-0.1, -0.05) is 30.3 Å². The van der Waals surface area contributed by atoms with E-state index in [-0.39, 0.29) is 12.5 Å². The molecule has 0 fully saturated rings. The largest absolute Gasteiger partial charge is 0.368 e. The van der Waals surface area contributed by atoms with Crippen LogP contribution in [0.15, 0.2) is 64.3 Å².